The summed E-state index contributed by atoms with van der Waals surface area (Å²) in [6, 6.07) is 7.45. The SMILES string of the molecule is CNC(=O)C(C)(C)Oc1ccc(-c2nc3ncc(Cl)c(N[C@]4(C(C)C)CCNC4)c3[nH]2)cc1. The first-order valence-corrected chi connectivity index (χ1v) is 11.6. The van der Waals surface area contributed by atoms with E-state index in [4.69, 9.17) is 16.3 Å². The Hall–Kier alpha value is -2.84. The van der Waals surface area contributed by atoms with Crippen LogP contribution >= 0.6 is 11.6 Å². The van der Waals surface area contributed by atoms with E-state index < -0.39 is 5.60 Å². The van der Waals surface area contributed by atoms with Crippen LogP contribution in [0.4, 0.5) is 5.69 Å². The molecular formula is C24H31ClN6O2. The number of nitrogens with zero attached hydrogens (tertiary/aromatic N) is 2. The lowest BCUT2D eigenvalue weighted by molar-refractivity contribution is -0.133. The maximum atomic E-state index is 12.0. The number of anilines is 1. The van der Waals surface area contributed by atoms with Crippen LogP contribution in [0.15, 0.2) is 30.5 Å². The molecular weight excluding hydrogens is 440 g/mol. The van der Waals surface area contributed by atoms with Gasteiger partial charge in [0.05, 0.1) is 22.4 Å². The van der Waals surface area contributed by atoms with Gasteiger partial charge >= 0.3 is 0 Å². The van der Waals surface area contributed by atoms with E-state index in [2.05, 4.69) is 44.7 Å². The Kier molecular flexibility index (Phi) is 6.24. The molecule has 33 heavy (non-hydrogen) atoms. The van der Waals surface area contributed by atoms with Crippen molar-refractivity contribution >= 4 is 34.4 Å². The second kappa shape index (κ2) is 8.83. The molecule has 0 spiro atoms. The quantitative estimate of drug-likeness (QED) is 0.416. The molecule has 1 aliphatic heterocycles. The fourth-order valence-corrected chi connectivity index (χ4v) is 4.41. The van der Waals surface area contributed by atoms with Gasteiger partial charge in [-0.15, -0.1) is 0 Å². The number of nitrogens with one attached hydrogen (secondary N) is 4. The van der Waals surface area contributed by atoms with Crippen LogP contribution in [0.2, 0.25) is 5.02 Å². The molecule has 0 bridgehead atoms. The fraction of sp³-hybridized carbons (Fsp3) is 0.458. The summed E-state index contributed by atoms with van der Waals surface area (Å²) < 4.78 is 5.86. The van der Waals surface area contributed by atoms with Crippen molar-refractivity contribution in [1.29, 1.82) is 0 Å². The number of amides is 1. The van der Waals surface area contributed by atoms with Crippen molar-refractivity contribution in [3.63, 3.8) is 0 Å². The molecule has 3 aromatic rings. The van der Waals surface area contributed by atoms with E-state index in [1.54, 1.807) is 27.1 Å². The Bertz CT molecular complexity index is 1150. The summed E-state index contributed by atoms with van der Waals surface area (Å²) in [5.74, 6) is 1.51. The van der Waals surface area contributed by atoms with E-state index in [-0.39, 0.29) is 11.4 Å². The van der Waals surface area contributed by atoms with E-state index in [0.29, 0.717) is 28.2 Å². The molecule has 1 amide bonds. The number of fused-ring (bicyclic) bond motifs is 1. The van der Waals surface area contributed by atoms with Gasteiger partial charge in [0, 0.05) is 19.2 Å². The number of ether oxygens (including phenoxy) is 1. The Morgan fingerprint density at radius 2 is 2.00 bits per heavy atom. The highest BCUT2D eigenvalue weighted by Gasteiger charge is 2.38. The lowest BCUT2D eigenvalue weighted by atomic mass is 9.85. The average molecular weight is 471 g/mol. The number of hydrogen-bond acceptors (Lipinski definition) is 6. The number of aromatic nitrogens is 3. The lowest BCUT2D eigenvalue weighted by Gasteiger charge is -2.35. The number of benzene rings is 1. The molecule has 0 radical (unpaired) electrons. The van der Waals surface area contributed by atoms with Gasteiger partial charge in [0.2, 0.25) is 0 Å². The predicted molar refractivity (Wildman–Crippen MR) is 132 cm³/mol. The number of rotatable bonds is 7. The molecule has 1 fully saturated rings. The second-order valence-corrected chi connectivity index (χ2v) is 9.75. The van der Waals surface area contributed by atoms with Crippen LogP contribution in [0, 0.1) is 5.92 Å². The summed E-state index contributed by atoms with van der Waals surface area (Å²) in [5, 5.41) is 10.4. The smallest absolute Gasteiger partial charge is 0.263 e. The summed E-state index contributed by atoms with van der Waals surface area (Å²) in [6.07, 6.45) is 2.66. The van der Waals surface area contributed by atoms with Gasteiger partial charge in [0.15, 0.2) is 11.2 Å². The molecule has 0 aliphatic carbocycles. The van der Waals surface area contributed by atoms with Crippen molar-refractivity contribution in [3.05, 3.63) is 35.5 Å². The van der Waals surface area contributed by atoms with Crippen molar-refractivity contribution in [1.82, 2.24) is 25.6 Å². The van der Waals surface area contributed by atoms with Gasteiger partial charge < -0.3 is 25.7 Å². The minimum Gasteiger partial charge on any atom is -0.478 e. The van der Waals surface area contributed by atoms with Gasteiger partial charge in [0.1, 0.15) is 17.1 Å². The zero-order chi connectivity index (χ0) is 23.8. The molecule has 1 aromatic carbocycles. The molecule has 0 saturated carbocycles. The normalized spacial score (nSPS) is 18.6. The van der Waals surface area contributed by atoms with E-state index in [9.17, 15) is 4.79 Å². The average Bonchev–Trinajstić information content (AvgIpc) is 3.43. The number of H-pyrrole nitrogens is 1. The number of halogens is 1. The maximum Gasteiger partial charge on any atom is 0.263 e. The van der Waals surface area contributed by atoms with Gasteiger partial charge in [-0.3, -0.25) is 4.79 Å². The summed E-state index contributed by atoms with van der Waals surface area (Å²) >= 11 is 6.58. The van der Waals surface area contributed by atoms with Crippen LogP contribution in [0.5, 0.6) is 5.75 Å². The monoisotopic (exact) mass is 470 g/mol. The number of hydrogen-bond donors (Lipinski definition) is 4. The number of likely N-dealkylation sites (N-methyl/N-ethyl adjacent to an activating group) is 1. The Morgan fingerprint density at radius 3 is 2.61 bits per heavy atom. The number of aromatic amines is 1. The van der Waals surface area contributed by atoms with E-state index >= 15 is 0 Å². The predicted octanol–water partition coefficient (Wildman–Crippen LogP) is 3.98. The third kappa shape index (κ3) is 4.50. The lowest BCUT2D eigenvalue weighted by Crippen LogP contribution is -2.45. The number of carbonyl (C=O) groups excluding carboxylic acids is 1. The van der Waals surface area contributed by atoms with Crippen molar-refractivity contribution < 1.29 is 9.53 Å². The van der Waals surface area contributed by atoms with Crippen LogP contribution < -0.4 is 20.7 Å². The minimum absolute atomic E-state index is 0.0836. The molecule has 1 atom stereocenters. The third-order valence-corrected chi connectivity index (χ3v) is 6.70. The topological polar surface area (TPSA) is 104 Å². The third-order valence-electron chi connectivity index (χ3n) is 6.42. The van der Waals surface area contributed by atoms with Crippen molar-refractivity contribution in [2.45, 2.75) is 45.3 Å². The first kappa shape index (κ1) is 23.3. The molecule has 9 heteroatoms. The summed E-state index contributed by atoms with van der Waals surface area (Å²) in [6.45, 7) is 9.75. The van der Waals surface area contributed by atoms with Crippen LogP contribution in [-0.2, 0) is 4.79 Å². The highest BCUT2D eigenvalue weighted by atomic mass is 35.5. The first-order valence-electron chi connectivity index (χ1n) is 11.2. The molecule has 176 valence electrons. The molecule has 1 aliphatic rings. The highest BCUT2D eigenvalue weighted by Crippen LogP contribution is 2.36. The number of pyridine rings is 1. The molecule has 4 N–H and O–H groups in total. The van der Waals surface area contributed by atoms with Gasteiger partial charge in [-0.2, -0.15) is 0 Å². The zero-order valence-corrected chi connectivity index (χ0v) is 20.4. The van der Waals surface area contributed by atoms with E-state index in [1.165, 1.54) is 0 Å². The molecule has 1 saturated heterocycles. The van der Waals surface area contributed by atoms with Crippen LogP contribution in [0.25, 0.3) is 22.6 Å². The maximum absolute atomic E-state index is 12.0. The molecule has 8 nitrogen and oxygen atoms in total. The standard InChI is InChI=1S/C24H31ClN6O2/c1-14(2)24(10-11-27-13-24)31-18-17(25)12-28-21-19(18)29-20(30-21)15-6-8-16(9-7-15)33-23(3,4)22(32)26-5/h6-9,12,14,27H,10-11,13H2,1-5H3,(H,26,32)(H2,28,29,30,31)/t24-/m1/s1. The van der Waals surface area contributed by atoms with Gasteiger partial charge in [-0.25, -0.2) is 9.97 Å². The van der Waals surface area contributed by atoms with Crippen molar-refractivity contribution in [2.75, 3.05) is 25.5 Å². The summed E-state index contributed by atoms with van der Waals surface area (Å²) in [5.41, 5.74) is 2.03. The van der Waals surface area contributed by atoms with Crippen molar-refractivity contribution in [2.24, 2.45) is 5.92 Å². The Labute approximate surface area is 198 Å². The molecule has 2 aromatic heterocycles. The van der Waals surface area contributed by atoms with E-state index in [1.807, 2.05) is 24.3 Å². The highest BCUT2D eigenvalue weighted by molar-refractivity contribution is 6.34. The molecule has 0 unspecified atom stereocenters. The number of carbonyl (C=O) groups is 1. The fourth-order valence-electron chi connectivity index (χ4n) is 4.22. The summed E-state index contributed by atoms with van der Waals surface area (Å²) in [4.78, 5) is 24.5. The van der Waals surface area contributed by atoms with Crippen LogP contribution in [0.3, 0.4) is 0 Å². The largest absolute Gasteiger partial charge is 0.478 e. The summed E-state index contributed by atoms with van der Waals surface area (Å²) in [7, 11) is 1.59. The second-order valence-electron chi connectivity index (χ2n) is 9.34. The van der Waals surface area contributed by atoms with E-state index in [0.717, 1.165) is 36.3 Å². The first-order chi connectivity index (χ1) is 15.6. The number of imidazole rings is 1. The molecule has 3 heterocycles. The van der Waals surface area contributed by atoms with Gasteiger partial charge in [-0.05, 0) is 57.0 Å². The Balaban J connectivity index is 1.64. The zero-order valence-electron chi connectivity index (χ0n) is 19.7. The van der Waals surface area contributed by atoms with Crippen molar-refractivity contribution in [3.8, 4) is 17.1 Å². The van der Waals surface area contributed by atoms with Gasteiger partial charge in [0.25, 0.3) is 5.91 Å². The van der Waals surface area contributed by atoms with Crippen LogP contribution in [0.1, 0.15) is 34.1 Å². The molecule has 4 rings (SSSR count). The Morgan fingerprint density at radius 1 is 1.27 bits per heavy atom. The minimum atomic E-state index is -0.974. The van der Waals surface area contributed by atoms with Gasteiger partial charge in [-0.1, -0.05) is 25.4 Å². The van der Waals surface area contributed by atoms with Crippen LogP contribution in [-0.4, -0.2) is 52.1 Å².